The van der Waals surface area contributed by atoms with Crippen molar-refractivity contribution in [3.05, 3.63) is 60.7 Å². The Balaban J connectivity index is 0.00000300. The van der Waals surface area contributed by atoms with Crippen LogP contribution in [0.15, 0.2) is 43.5 Å². The fourth-order valence-corrected chi connectivity index (χ4v) is 2.88. The summed E-state index contributed by atoms with van der Waals surface area (Å²) in [6, 6.07) is 3.18. The second-order valence-corrected chi connectivity index (χ2v) is 6.13. The van der Waals surface area contributed by atoms with Crippen molar-refractivity contribution in [3.8, 4) is 0 Å². The zero-order valence-corrected chi connectivity index (χ0v) is 17.7. The van der Waals surface area contributed by atoms with Gasteiger partial charge in [-0.05, 0) is 18.9 Å². The molecule has 0 saturated heterocycles. The fourth-order valence-electron chi connectivity index (χ4n) is 2.88. The molecule has 0 fully saturated rings. The molecule has 1 aromatic carbocycles. The first-order valence-corrected chi connectivity index (χ1v) is 8.43. The van der Waals surface area contributed by atoms with E-state index in [9.17, 15) is 18.7 Å². The van der Waals surface area contributed by atoms with Crippen molar-refractivity contribution in [3.63, 3.8) is 0 Å². The Morgan fingerprint density at radius 3 is 2.21 bits per heavy atom. The van der Waals surface area contributed by atoms with Crippen molar-refractivity contribution >= 4 is 5.97 Å². The minimum atomic E-state index is -1.37. The quantitative estimate of drug-likeness (QED) is 0.262. The van der Waals surface area contributed by atoms with Crippen LogP contribution in [0, 0.1) is 11.6 Å². The SMILES string of the molecule is O=C([O-])CCCOC(Cn1cncn1)(Cn1cncn1)c1ccc(F)cc1F.[Na+]. The van der Waals surface area contributed by atoms with Gasteiger partial charge in [-0.3, -0.25) is 0 Å². The zero-order chi connectivity index (χ0) is 20.0. The molecular weight excluding hydrogens is 397 g/mol. The molecule has 0 atom stereocenters. The summed E-state index contributed by atoms with van der Waals surface area (Å²) in [5.74, 6) is -2.75. The fraction of sp³-hybridized carbons (Fsp3) is 0.353. The van der Waals surface area contributed by atoms with Gasteiger partial charge in [0.25, 0.3) is 0 Å². The minimum absolute atomic E-state index is 0. The first-order valence-electron chi connectivity index (χ1n) is 8.43. The molecule has 0 bridgehead atoms. The summed E-state index contributed by atoms with van der Waals surface area (Å²) in [5, 5.41) is 18.8. The van der Waals surface area contributed by atoms with Gasteiger partial charge < -0.3 is 14.6 Å². The predicted molar refractivity (Wildman–Crippen MR) is 88.3 cm³/mol. The summed E-state index contributed by atoms with van der Waals surface area (Å²) in [6.07, 6.45) is 5.44. The second-order valence-electron chi connectivity index (χ2n) is 6.13. The summed E-state index contributed by atoms with van der Waals surface area (Å²) >= 11 is 0. The maximum absolute atomic E-state index is 14.7. The van der Waals surface area contributed by atoms with Crippen molar-refractivity contribution in [2.24, 2.45) is 0 Å². The molecule has 0 radical (unpaired) electrons. The van der Waals surface area contributed by atoms with Crippen molar-refractivity contribution < 1.29 is 53.0 Å². The van der Waals surface area contributed by atoms with E-state index in [0.29, 0.717) is 0 Å². The number of rotatable bonds is 10. The third-order valence-corrected chi connectivity index (χ3v) is 4.09. The number of aromatic nitrogens is 6. The van der Waals surface area contributed by atoms with Crippen LogP contribution in [0.1, 0.15) is 18.4 Å². The normalized spacial score (nSPS) is 11.2. The number of carbonyl (C=O) groups excluding carboxylic acids is 1. The van der Waals surface area contributed by atoms with Crippen molar-refractivity contribution in [2.45, 2.75) is 31.5 Å². The molecule has 0 aliphatic heterocycles. The van der Waals surface area contributed by atoms with Gasteiger partial charge in [0.05, 0.1) is 13.1 Å². The molecule has 0 unspecified atom stereocenters. The van der Waals surface area contributed by atoms with E-state index < -0.39 is 23.2 Å². The third kappa shape index (κ3) is 6.13. The average molecular weight is 414 g/mol. The maximum Gasteiger partial charge on any atom is 1.00 e. The molecule has 0 aliphatic rings. The number of carbonyl (C=O) groups is 1. The Morgan fingerprint density at radius 1 is 1.10 bits per heavy atom. The van der Waals surface area contributed by atoms with E-state index in [1.54, 1.807) is 0 Å². The summed E-state index contributed by atoms with van der Waals surface area (Å²) in [4.78, 5) is 18.4. The van der Waals surface area contributed by atoms with Crippen LogP contribution in [0.5, 0.6) is 0 Å². The van der Waals surface area contributed by atoms with Crippen LogP contribution in [-0.2, 0) is 28.2 Å². The number of aliphatic carboxylic acids is 1. The van der Waals surface area contributed by atoms with Gasteiger partial charge in [-0.25, -0.2) is 28.1 Å². The Labute approximate surface area is 187 Å². The van der Waals surface area contributed by atoms with E-state index in [1.807, 2.05) is 0 Å². The van der Waals surface area contributed by atoms with Gasteiger partial charge in [0.15, 0.2) is 0 Å². The molecule has 0 spiro atoms. The number of benzene rings is 1. The maximum atomic E-state index is 14.7. The molecule has 0 N–H and O–H groups in total. The molecule has 3 rings (SSSR count). The first-order chi connectivity index (χ1) is 13.5. The molecule has 2 heterocycles. The van der Waals surface area contributed by atoms with E-state index in [2.05, 4.69) is 20.2 Å². The van der Waals surface area contributed by atoms with Crippen LogP contribution >= 0.6 is 0 Å². The second kappa shape index (κ2) is 10.5. The number of hydrogen-bond donors (Lipinski definition) is 0. The minimum Gasteiger partial charge on any atom is -0.550 e. The predicted octanol–water partition coefficient (Wildman–Crippen LogP) is -2.71. The van der Waals surface area contributed by atoms with Gasteiger partial charge in [-0.15, -0.1) is 0 Å². The van der Waals surface area contributed by atoms with Gasteiger partial charge >= 0.3 is 29.6 Å². The van der Waals surface area contributed by atoms with Gasteiger partial charge in [-0.2, -0.15) is 10.2 Å². The molecule has 0 amide bonds. The van der Waals surface area contributed by atoms with Gasteiger partial charge in [0.1, 0.15) is 42.5 Å². The molecule has 0 aliphatic carbocycles. The van der Waals surface area contributed by atoms with Gasteiger partial charge in [0, 0.05) is 24.2 Å². The van der Waals surface area contributed by atoms with Crippen LogP contribution < -0.4 is 34.7 Å². The number of halogens is 2. The molecule has 29 heavy (non-hydrogen) atoms. The number of hydrogen-bond acceptors (Lipinski definition) is 7. The Kier molecular flexibility index (Phi) is 8.38. The summed E-state index contributed by atoms with van der Waals surface area (Å²) in [5.41, 5.74) is -1.29. The standard InChI is InChI=1S/C17H18F2N6O3.Na/c18-13-3-4-14(15(19)6-13)17(7-24-11-20-9-22-24,8-25-12-21-10-23-25)28-5-1-2-16(26)27;/h3-4,6,9-12H,1-2,5,7-8H2,(H,26,27);/q;+1/p-1. The Bertz CT molecular complexity index is 872. The van der Waals surface area contributed by atoms with Crippen LogP contribution in [-0.4, -0.2) is 42.1 Å². The van der Waals surface area contributed by atoms with E-state index in [-0.39, 0.29) is 67.7 Å². The van der Waals surface area contributed by atoms with Crippen molar-refractivity contribution in [2.75, 3.05) is 6.61 Å². The van der Waals surface area contributed by atoms with Crippen LogP contribution in [0.4, 0.5) is 8.78 Å². The summed E-state index contributed by atoms with van der Waals surface area (Å²) in [7, 11) is 0. The molecule has 3 aromatic rings. The average Bonchev–Trinajstić information content (AvgIpc) is 3.32. The zero-order valence-electron chi connectivity index (χ0n) is 15.7. The molecule has 148 valence electrons. The van der Waals surface area contributed by atoms with Crippen LogP contribution in [0.25, 0.3) is 0 Å². The van der Waals surface area contributed by atoms with E-state index in [1.165, 1.54) is 40.7 Å². The van der Waals surface area contributed by atoms with E-state index in [4.69, 9.17) is 4.74 Å². The summed E-state index contributed by atoms with van der Waals surface area (Å²) < 4.78 is 37.1. The number of carboxylic acids is 1. The van der Waals surface area contributed by atoms with E-state index in [0.717, 1.165) is 12.1 Å². The summed E-state index contributed by atoms with van der Waals surface area (Å²) in [6.45, 7) is 0.0512. The smallest absolute Gasteiger partial charge is 0.550 e. The largest absolute Gasteiger partial charge is 1.00 e. The third-order valence-electron chi connectivity index (χ3n) is 4.09. The molecule has 0 saturated carbocycles. The van der Waals surface area contributed by atoms with Gasteiger partial charge in [0.2, 0.25) is 0 Å². The molecular formula is C17H17F2N6NaO3. The number of ether oxygens (including phenoxy) is 1. The molecule has 9 nitrogen and oxygen atoms in total. The number of carboxylic acid groups (broad SMARTS) is 1. The monoisotopic (exact) mass is 414 g/mol. The van der Waals surface area contributed by atoms with Gasteiger partial charge in [-0.1, -0.05) is 6.07 Å². The topological polar surface area (TPSA) is 111 Å². The number of nitrogens with zero attached hydrogens (tertiary/aromatic N) is 6. The first kappa shape index (κ1) is 23.1. The van der Waals surface area contributed by atoms with Crippen LogP contribution in [0.3, 0.4) is 0 Å². The van der Waals surface area contributed by atoms with Crippen molar-refractivity contribution in [1.29, 1.82) is 0 Å². The van der Waals surface area contributed by atoms with Crippen LogP contribution in [0.2, 0.25) is 0 Å². The van der Waals surface area contributed by atoms with E-state index >= 15 is 0 Å². The van der Waals surface area contributed by atoms with Crippen molar-refractivity contribution in [1.82, 2.24) is 29.5 Å². The molecule has 12 heteroatoms. The molecule has 2 aromatic heterocycles. The Morgan fingerprint density at radius 2 is 1.72 bits per heavy atom. The Hall–Kier alpha value is -2.21.